The Bertz CT molecular complexity index is 571. The van der Waals surface area contributed by atoms with Crippen LogP contribution in [0.1, 0.15) is 24.1 Å². The highest BCUT2D eigenvalue weighted by Gasteiger charge is 2.08. The molecule has 0 aromatic heterocycles. The van der Waals surface area contributed by atoms with Gasteiger partial charge in [0.2, 0.25) is 0 Å². The van der Waals surface area contributed by atoms with Gasteiger partial charge < -0.3 is 10.1 Å². The van der Waals surface area contributed by atoms with Gasteiger partial charge in [-0.05, 0) is 30.7 Å². The van der Waals surface area contributed by atoms with Gasteiger partial charge in [-0.25, -0.2) is 4.39 Å². The molecule has 0 aliphatic heterocycles. The summed E-state index contributed by atoms with van der Waals surface area (Å²) in [5.41, 5.74) is 1.73. The van der Waals surface area contributed by atoms with E-state index in [1.165, 1.54) is 13.2 Å². The van der Waals surface area contributed by atoms with E-state index in [2.05, 4.69) is 5.32 Å². The molecule has 2 aromatic carbocycles. The van der Waals surface area contributed by atoms with E-state index in [1.54, 1.807) is 12.1 Å². The molecule has 2 nitrogen and oxygen atoms in total. The van der Waals surface area contributed by atoms with Crippen LogP contribution in [0.15, 0.2) is 42.5 Å². The summed E-state index contributed by atoms with van der Waals surface area (Å²) in [6.07, 6.45) is 0. The SMILES string of the molecule is COc1ccc(CN[C@@H](C)c2ccc(Cl)cc2)c(F)c1. The molecule has 0 radical (unpaired) electrons. The van der Waals surface area contributed by atoms with E-state index in [0.29, 0.717) is 22.9 Å². The minimum atomic E-state index is -0.264. The average molecular weight is 294 g/mol. The molecule has 0 saturated carbocycles. The Labute approximate surface area is 123 Å². The van der Waals surface area contributed by atoms with Crippen LogP contribution in [0.3, 0.4) is 0 Å². The second-order valence-corrected chi connectivity index (χ2v) is 5.05. The summed E-state index contributed by atoms with van der Waals surface area (Å²) in [6.45, 7) is 2.49. The summed E-state index contributed by atoms with van der Waals surface area (Å²) in [6, 6.07) is 12.6. The summed E-state index contributed by atoms with van der Waals surface area (Å²) < 4.78 is 18.8. The van der Waals surface area contributed by atoms with E-state index in [9.17, 15) is 4.39 Å². The zero-order valence-corrected chi connectivity index (χ0v) is 12.2. The molecule has 4 heteroatoms. The molecule has 20 heavy (non-hydrogen) atoms. The van der Waals surface area contributed by atoms with E-state index >= 15 is 0 Å². The van der Waals surface area contributed by atoms with Crippen LogP contribution >= 0.6 is 11.6 Å². The van der Waals surface area contributed by atoms with Crippen molar-refractivity contribution in [3.8, 4) is 5.75 Å². The first-order valence-electron chi connectivity index (χ1n) is 6.41. The van der Waals surface area contributed by atoms with Gasteiger partial charge in [-0.2, -0.15) is 0 Å². The molecule has 1 atom stereocenters. The van der Waals surface area contributed by atoms with Crippen molar-refractivity contribution in [1.82, 2.24) is 5.32 Å². The molecule has 0 amide bonds. The van der Waals surface area contributed by atoms with E-state index in [1.807, 2.05) is 31.2 Å². The molecule has 106 valence electrons. The fourth-order valence-corrected chi connectivity index (χ4v) is 2.06. The van der Waals surface area contributed by atoms with Crippen LogP contribution in [0.2, 0.25) is 5.02 Å². The largest absolute Gasteiger partial charge is 0.497 e. The molecule has 0 saturated heterocycles. The van der Waals surface area contributed by atoms with Gasteiger partial charge in [0, 0.05) is 29.2 Å². The van der Waals surface area contributed by atoms with Crippen molar-refractivity contribution in [2.24, 2.45) is 0 Å². The third-order valence-corrected chi connectivity index (χ3v) is 3.48. The van der Waals surface area contributed by atoms with Crippen LogP contribution < -0.4 is 10.1 Å². The van der Waals surface area contributed by atoms with Crippen LogP contribution in [0.25, 0.3) is 0 Å². The number of hydrogen-bond donors (Lipinski definition) is 1. The Kier molecular flexibility index (Phi) is 4.99. The van der Waals surface area contributed by atoms with Gasteiger partial charge in [0.05, 0.1) is 7.11 Å². The minimum absolute atomic E-state index is 0.119. The van der Waals surface area contributed by atoms with Crippen molar-refractivity contribution in [3.05, 3.63) is 64.4 Å². The fraction of sp³-hybridized carbons (Fsp3) is 0.250. The number of halogens is 2. The molecule has 1 N–H and O–H groups in total. The summed E-state index contributed by atoms with van der Waals surface area (Å²) in [4.78, 5) is 0. The second kappa shape index (κ2) is 6.73. The molecule has 0 aliphatic carbocycles. The van der Waals surface area contributed by atoms with Gasteiger partial charge in [-0.15, -0.1) is 0 Å². The van der Waals surface area contributed by atoms with Crippen LogP contribution in [0.5, 0.6) is 5.75 Å². The lowest BCUT2D eigenvalue weighted by atomic mass is 10.1. The highest BCUT2D eigenvalue weighted by molar-refractivity contribution is 6.30. The van der Waals surface area contributed by atoms with Gasteiger partial charge in [0.15, 0.2) is 0 Å². The predicted octanol–water partition coefficient (Wildman–Crippen LogP) is 4.34. The van der Waals surface area contributed by atoms with E-state index in [-0.39, 0.29) is 11.9 Å². The lowest BCUT2D eigenvalue weighted by Gasteiger charge is -2.15. The van der Waals surface area contributed by atoms with Gasteiger partial charge >= 0.3 is 0 Å². The molecule has 0 spiro atoms. The molecular formula is C16H17ClFNO. The lowest BCUT2D eigenvalue weighted by Crippen LogP contribution is -2.18. The van der Waals surface area contributed by atoms with E-state index in [0.717, 1.165) is 5.56 Å². The summed E-state index contributed by atoms with van der Waals surface area (Å²) in [5, 5.41) is 4.00. The van der Waals surface area contributed by atoms with Crippen molar-refractivity contribution in [3.63, 3.8) is 0 Å². The van der Waals surface area contributed by atoms with E-state index < -0.39 is 0 Å². The maximum Gasteiger partial charge on any atom is 0.131 e. The van der Waals surface area contributed by atoms with Gasteiger partial charge in [-0.1, -0.05) is 29.8 Å². The summed E-state index contributed by atoms with van der Waals surface area (Å²) in [7, 11) is 1.52. The number of ether oxygens (including phenoxy) is 1. The molecule has 2 rings (SSSR count). The Morgan fingerprint density at radius 2 is 1.90 bits per heavy atom. The number of rotatable bonds is 5. The van der Waals surface area contributed by atoms with Crippen molar-refractivity contribution in [1.29, 1.82) is 0 Å². The molecular weight excluding hydrogens is 277 g/mol. The smallest absolute Gasteiger partial charge is 0.131 e. The Balaban J connectivity index is 1.99. The summed E-state index contributed by atoms with van der Waals surface area (Å²) in [5.74, 6) is 0.261. The van der Waals surface area contributed by atoms with Crippen LogP contribution in [0.4, 0.5) is 4.39 Å². The van der Waals surface area contributed by atoms with Gasteiger partial charge in [-0.3, -0.25) is 0 Å². The molecule has 0 aliphatic rings. The van der Waals surface area contributed by atoms with E-state index in [4.69, 9.17) is 16.3 Å². The summed E-state index contributed by atoms with van der Waals surface area (Å²) >= 11 is 5.86. The molecule has 0 heterocycles. The van der Waals surface area contributed by atoms with Gasteiger partial charge in [0.1, 0.15) is 11.6 Å². The predicted molar refractivity (Wildman–Crippen MR) is 79.7 cm³/mol. The van der Waals surface area contributed by atoms with Crippen LogP contribution in [-0.2, 0) is 6.54 Å². The monoisotopic (exact) mass is 293 g/mol. The first-order chi connectivity index (χ1) is 9.60. The highest BCUT2D eigenvalue weighted by Crippen LogP contribution is 2.19. The van der Waals surface area contributed by atoms with Gasteiger partial charge in [0.25, 0.3) is 0 Å². The minimum Gasteiger partial charge on any atom is -0.497 e. The maximum atomic E-state index is 13.8. The number of nitrogens with one attached hydrogen (secondary N) is 1. The molecule has 0 fully saturated rings. The standard InChI is InChI=1S/C16H17ClFNO/c1-11(12-3-6-14(17)7-4-12)19-10-13-5-8-15(20-2)9-16(13)18/h3-9,11,19H,10H2,1-2H3/t11-/m0/s1. The van der Waals surface area contributed by atoms with Crippen molar-refractivity contribution in [2.45, 2.75) is 19.5 Å². The van der Waals surface area contributed by atoms with Crippen molar-refractivity contribution < 1.29 is 9.13 Å². The topological polar surface area (TPSA) is 21.3 Å². The Hall–Kier alpha value is -1.58. The number of methoxy groups -OCH3 is 1. The zero-order valence-electron chi connectivity index (χ0n) is 11.5. The highest BCUT2D eigenvalue weighted by atomic mass is 35.5. The molecule has 0 unspecified atom stereocenters. The van der Waals surface area contributed by atoms with Crippen molar-refractivity contribution >= 4 is 11.6 Å². The van der Waals surface area contributed by atoms with Crippen LogP contribution in [-0.4, -0.2) is 7.11 Å². The number of benzene rings is 2. The lowest BCUT2D eigenvalue weighted by molar-refractivity contribution is 0.410. The third kappa shape index (κ3) is 3.71. The van der Waals surface area contributed by atoms with Crippen LogP contribution in [0, 0.1) is 5.82 Å². The maximum absolute atomic E-state index is 13.8. The molecule has 2 aromatic rings. The third-order valence-electron chi connectivity index (χ3n) is 3.23. The number of hydrogen-bond acceptors (Lipinski definition) is 2. The Morgan fingerprint density at radius 3 is 2.50 bits per heavy atom. The second-order valence-electron chi connectivity index (χ2n) is 4.61. The first-order valence-corrected chi connectivity index (χ1v) is 6.79. The molecule has 0 bridgehead atoms. The first kappa shape index (κ1) is 14.8. The fourth-order valence-electron chi connectivity index (χ4n) is 1.93. The normalized spacial score (nSPS) is 12.2. The Morgan fingerprint density at radius 1 is 1.20 bits per heavy atom. The average Bonchev–Trinajstić information content (AvgIpc) is 2.46. The quantitative estimate of drug-likeness (QED) is 0.885. The zero-order chi connectivity index (χ0) is 14.5. The van der Waals surface area contributed by atoms with Crippen molar-refractivity contribution in [2.75, 3.05) is 7.11 Å².